The molecule has 4 aromatic rings. The summed E-state index contributed by atoms with van der Waals surface area (Å²) < 4.78 is 18.7. The van der Waals surface area contributed by atoms with Crippen LogP contribution >= 0.6 is 34.8 Å². The topological polar surface area (TPSA) is 70.7 Å². The zero-order valence-electron chi connectivity index (χ0n) is 17.7. The normalized spacial score (nSPS) is 17.6. The molecule has 174 valence electrons. The van der Waals surface area contributed by atoms with E-state index >= 15 is 0 Å². The lowest BCUT2D eigenvalue weighted by Gasteiger charge is -2.27. The van der Waals surface area contributed by atoms with Gasteiger partial charge in [0.1, 0.15) is 17.6 Å². The first-order valence-corrected chi connectivity index (χ1v) is 11.7. The summed E-state index contributed by atoms with van der Waals surface area (Å²) in [5.41, 5.74) is 1.32. The Labute approximate surface area is 213 Å². The van der Waals surface area contributed by atoms with Crippen LogP contribution in [0.3, 0.4) is 0 Å². The average Bonchev–Trinajstić information content (AvgIpc) is 3.23. The largest absolute Gasteiger partial charge is 0.456 e. The third-order valence-electron chi connectivity index (χ3n) is 5.92. The Morgan fingerprint density at radius 1 is 0.857 bits per heavy atom. The molecule has 1 aliphatic carbocycles. The molecular formula is C26H14Cl3NO5. The summed E-state index contributed by atoms with van der Waals surface area (Å²) in [5, 5.41) is 1.14. The van der Waals surface area contributed by atoms with Crippen molar-refractivity contribution in [2.24, 2.45) is 0 Å². The van der Waals surface area contributed by atoms with Gasteiger partial charge < -0.3 is 13.9 Å². The second-order valence-electron chi connectivity index (χ2n) is 8.07. The van der Waals surface area contributed by atoms with Crippen LogP contribution in [0, 0.1) is 0 Å². The lowest BCUT2D eigenvalue weighted by atomic mass is 9.81. The number of hydrogen-bond donors (Lipinski definition) is 0. The fourth-order valence-electron chi connectivity index (χ4n) is 4.47. The van der Waals surface area contributed by atoms with Gasteiger partial charge in [0.2, 0.25) is 0 Å². The minimum atomic E-state index is -0.846. The molecule has 2 heterocycles. The Kier molecular flexibility index (Phi) is 5.25. The fraction of sp³-hybridized carbons (Fsp3) is 0.0769. The van der Waals surface area contributed by atoms with Crippen LogP contribution in [0.2, 0.25) is 15.1 Å². The number of ether oxygens (including phenoxy) is 2. The SMILES string of the molecule is O=c1oc2c(c(=O)n1-c1cc(Cl)cc(Cl)c1)C1C=C(Oc3ccc(Cl)cc3)OC1c1ccccc1-2. The Balaban J connectivity index is 1.54. The van der Waals surface area contributed by atoms with Gasteiger partial charge in [0.25, 0.3) is 11.5 Å². The van der Waals surface area contributed by atoms with Crippen LogP contribution in [0.15, 0.2) is 92.8 Å². The predicted octanol–water partition coefficient (Wildman–Crippen LogP) is 6.51. The number of aromatic nitrogens is 1. The lowest BCUT2D eigenvalue weighted by molar-refractivity contribution is 0.0599. The molecule has 0 saturated heterocycles. The van der Waals surface area contributed by atoms with Crippen LogP contribution in [0.5, 0.6) is 5.75 Å². The lowest BCUT2D eigenvalue weighted by Crippen LogP contribution is -2.36. The quantitative estimate of drug-likeness (QED) is 0.304. The molecular weight excluding hydrogens is 513 g/mol. The minimum absolute atomic E-state index is 0.203. The van der Waals surface area contributed by atoms with Gasteiger partial charge in [0.15, 0.2) is 0 Å². The van der Waals surface area contributed by atoms with Gasteiger partial charge in [-0.1, -0.05) is 59.1 Å². The zero-order chi connectivity index (χ0) is 24.3. The third kappa shape index (κ3) is 3.74. The summed E-state index contributed by atoms with van der Waals surface area (Å²) >= 11 is 18.2. The Hall–Kier alpha value is -3.45. The van der Waals surface area contributed by atoms with Crippen molar-refractivity contribution in [2.45, 2.75) is 12.0 Å². The van der Waals surface area contributed by atoms with E-state index in [2.05, 4.69) is 0 Å². The third-order valence-corrected chi connectivity index (χ3v) is 6.61. The molecule has 2 aliphatic rings. The van der Waals surface area contributed by atoms with E-state index in [1.807, 2.05) is 12.1 Å². The molecule has 1 aromatic heterocycles. The maximum atomic E-state index is 13.8. The molecule has 6 nitrogen and oxygen atoms in total. The van der Waals surface area contributed by atoms with E-state index in [0.29, 0.717) is 16.3 Å². The van der Waals surface area contributed by atoms with Crippen molar-refractivity contribution in [3.63, 3.8) is 0 Å². The highest BCUT2D eigenvalue weighted by molar-refractivity contribution is 6.34. The van der Waals surface area contributed by atoms with Gasteiger partial charge in [-0.15, -0.1) is 0 Å². The number of rotatable bonds is 3. The summed E-state index contributed by atoms with van der Waals surface area (Å²) in [5.74, 6) is -0.444. The van der Waals surface area contributed by atoms with Crippen LogP contribution < -0.4 is 16.1 Å². The first-order chi connectivity index (χ1) is 16.9. The molecule has 0 saturated carbocycles. The molecule has 6 rings (SSSR count). The van der Waals surface area contributed by atoms with Gasteiger partial charge >= 0.3 is 5.76 Å². The van der Waals surface area contributed by atoms with E-state index in [4.69, 9.17) is 48.7 Å². The summed E-state index contributed by atoms with van der Waals surface area (Å²) in [6.45, 7) is 0. The van der Waals surface area contributed by atoms with Gasteiger partial charge in [-0.2, -0.15) is 0 Å². The number of nitrogens with zero attached hydrogens (tertiary/aromatic N) is 1. The van der Waals surface area contributed by atoms with E-state index in [1.54, 1.807) is 42.5 Å². The maximum absolute atomic E-state index is 13.8. The van der Waals surface area contributed by atoms with Gasteiger partial charge in [-0.25, -0.2) is 9.36 Å². The molecule has 1 aliphatic heterocycles. The van der Waals surface area contributed by atoms with E-state index in [1.165, 1.54) is 18.2 Å². The minimum Gasteiger partial charge on any atom is -0.456 e. The van der Waals surface area contributed by atoms with Gasteiger partial charge in [0, 0.05) is 32.3 Å². The maximum Gasteiger partial charge on any atom is 0.426 e. The van der Waals surface area contributed by atoms with E-state index in [9.17, 15) is 9.59 Å². The molecule has 0 spiro atoms. The van der Waals surface area contributed by atoms with Crippen molar-refractivity contribution >= 4 is 34.8 Å². The molecule has 35 heavy (non-hydrogen) atoms. The van der Waals surface area contributed by atoms with Crippen LogP contribution in [0.25, 0.3) is 17.0 Å². The molecule has 2 atom stereocenters. The van der Waals surface area contributed by atoms with Crippen LogP contribution in [0.4, 0.5) is 0 Å². The van der Waals surface area contributed by atoms with E-state index in [0.717, 1.165) is 10.1 Å². The van der Waals surface area contributed by atoms with E-state index < -0.39 is 23.3 Å². The standard InChI is InChI=1S/C26H14Cl3NO5/c27-13-5-7-17(8-6-13)33-21-12-20-22-24(19-4-2-1-3-18(19)23(20)34-21)35-26(32)30(25(22)31)16-10-14(28)9-15(29)11-16/h1-12,20,23H. The highest BCUT2D eigenvalue weighted by Crippen LogP contribution is 2.51. The predicted molar refractivity (Wildman–Crippen MR) is 133 cm³/mol. The first-order valence-electron chi connectivity index (χ1n) is 10.6. The van der Waals surface area contributed by atoms with Gasteiger partial charge in [-0.05, 0) is 42.5 Å². The highest BCUT2D eigenvalue weighted by atomic mass is 35.5. The van der Waals surface area contributed by atoms with Crippen LogP contribution in [-0.4, -0.2) is 4.57 Å². The second-order valence-corrected chi connectivity index (χ2v) is 9.38. The van der Waals surface area contributed by atoms with Crippen LogP contribution in [-0.2, 0) is 4.74 Å². The molecule has 0 fully saturated rings. The van der Waals surface area contributed by atoms with Gasteiger partial charge in [0.05, 0.1) is 17.2 Å². The highest BCUT2D eigenvalue weighted by Gasteiger charge is 2.43. The number of benzene rings is 3. The van der Waals surface area contributed by atoms with E-state index in [-0.39, 0.29) is 33.0 Å². The summed E-state index contributed by atoms with van der Waals surface area (Å²) in [6.07, 6.45) is 1.17. The van der Waals surface area contributed by atoms with Crippen molar-refractivity contribution in [3.05, 3.63) is 126 Å². The fourth-order valence-corrected chi connectivity index (χ4v) is 5.11. The molecule has 3 aromatic carbocycles. The van der Waals surface area contributed by atoms with Crippen molar-refractivity contribution in [1.29, 1.82) is 0 Å². The molecule has 0 N–H and O–H groups in total. The van der Waals surface area contributed by atoms with Crippen molar-refractivity contribution in [3.8, 4) is 22.8 Å². The van der Waals surface area contributed by atoms with Crippen molar-refractivity contribution in [2.75, 3.05) is 0 Å². The molecule has 2 unspecified atom stereocenters. The number of halogens is 3. The number of fused-ring (bicyclic) bond motifs is 6. The summed E-state index contributed by atoms with van der Waals surface area (Å²) in [7, 11) is 0. The second kappa shape index (κ2) is 8.34. The van der Waals surface area contributed by atoms with Crippen molar-refractivity contribution < 1.29 is 13.9 Å². The smallest absolute Gasteiger partial charge is 0.426 e. The molecule has 0 bridgehead atoms. The molecule has 0 amide bonds. The Bertz CT molecular complexity index is 1620. The van der Waals surface area contributed by atoms with Crippen molar-refractivity contribution in [1.82, 2.24) is 4.57 Å². The van der Waals surface area contributed by atoms with Crippen LogP contribution in [0.1, 0.15) is 23.1 Å². The van der Waals surface area contributed by atoms with Gasteiger partial charge in [-0.3, -0.25) is 4.79 Å². The Morgan fingerprint density at radius 3 is 2.31 bits per heavy atom. The monoisotopic (exact) mass is 525 g/mol. The number of hydrogen-bond acceptors (Lipinski definition) is 5. The average molecular weight is 527 g/mol. The summed E-state index contributed by atoms with van der Waals surface area (Å²) in [6, 6.07) is 18.6. The first kappa shape index (κ1) is 22.0. The summed E-state index contributed by atoms with van der Waals surface area (Å²) in [4.78, 5) is 26.8. The zero-order valence-corrected chi connectivity index (χ0v) is 20.0. The molecule has 9 heteroatoms. The molecule has 0 radical (unpaired) electrons. The Morgan fingerprint density at radius 2 is 1.57 bits per heavy atom.